The molecule has 0 aliphatic heterocycles. The molecule has 0 spiro atoms. The van der Waals surface area contributed by atoms with E-state index >= 15 is 0 Å². The minimum absolute atomic E-state index is 0.114. The summed E-state index contributed by atoms with van der Waals surface area (Å²) in [5.41, 5.74) is 2.80. The second kappa shape index (κ2) is 10.9. The minimum Gasteiger partial charge on any atom is -0.393 e. The summed E-state index contributed by atoms with van der Waals surface area (Å²) in [5, 5.41) is 15.4. The Morgan fingerprint density at radius 3 is 2.31 bits per heavy atom. The number of Topliss-reactive ketones (excluding diaryl/α,β-unsaturated/α-hetero) is 1. The largest absolute Gasteiger partial charge is 0.393 e. The molecule has 2 saturated carbocycles. The fourth-order valence-electron chi connectivity index (χ4n) is 5.81. The molecule has 2 amide bonds. The number of rotatable bonds is 6. The van der Waals surface area contributed by atoms with Gasteiger partial charge in [0.15, 0.2) is 0 Å². The Hall–Kier alpha value is -3.00. The first-order chi connectivity index (χ1) is 17.2. The molecule has 2 fully saturated rings. The number of carbonyl (C=O) groups excluding carboxylic acids is 3. The van der Waals surface area contributed by atoms with Crippen LogP contribution < -0.4 is 10.6 Å². The molecule has 0 saturated heterocycles. The standard InChI is InChI=1S/C28H36FN3O4/c1-16-15-20(11-14-22(16)29)31-27(35)23-17(2)24(32(3)25(23)18-7-5-4-6-8-18)26(34)28(36)30-19-9-12-21(33)13-10-19/h11,14-15,18-19,21,33H,4-10,12-13H2,1-3H3,(H,30,36)(H,31,35). The van der Waals surface area contributed by atoms with Crippen LogP contribution in [-0.2, 0) is 11.8 Å². The van der Waals surface area contributed by atoms with Crippen LogP contribution in [0.1, 0.15) is 101 Å². The fraction of sp³-hybridized carbons (Fsp3) is 0.536. The predicted octanol–water partition coefficient (Wildman–Crippen LogP) is 4.68. The van der Waals surface area contributed by atoms with Crippen molar-refractivity contribution in [2.24, 2.45) is 7.05 Å². The van der Waals surface area contributed by atoms with Crippen molar-refractivity contribution in [3.63, 3.8) is 0 Å². The molecule has 194 valence electrons. The molecule has 3 N–H and O–H groups in total. The molecule has 36 heavy (non-hydrogen) atoms. The van der Waals surface area contributed by atoms with E-state index < -0.39 is 11.7 Å². The zero-order valence-electron chi connectivity index (χ0n) is 21.3. The zero-order chi connectivity index (χ0) is 26.0. The molecule has 0 atom stereocenters. The van der Waals surface area contributed by atoms with Gasteiger partial charge >= 0.3 is 0 Å². The Balaban J connectivity index is 1.66. The SMILES string of the molecule is Cc1cc(NC(=O)c2c(C)c(C(=O)C(=O)NC3CCC(O)CC3)n(C)c2C2CCCCC2)ccc1F. The van der Waals surface area contributed by atoms with Crippen molar-refractivity contribution in [3.05, 3.63) is 52.1 Å². The van der Waals surface area contributed by atoms with E-state index in [9.17, 15) is 23.9 Å². The summed E-state index contributed by atoms with van der Waals surface area (Å²) in [5.74, 6) is -1.94. The van der Waals surface area contributed by atoms with Gasteiger partial charge < -0.3 is 20.3 Å². The second-order valence-corrected chi connectivity index (χ2v) is 10.4. The highest BCUT2D eigenvalue weighted by atomic mass is 19.1. The highest BCUT2D eigenvalue weighted by Gasteiger charge is 2.34. The molecular formula is C28H36FN3O4. The van der Waals surface area contributed by atoms with Gasteiger partial charge in [-0.1, -0.05) is 19.3 Å². The quantitative estimate of drug-likeness (QED) is 0.398. The number of hydrogen-bond donors (Lipinski definition) is 3. The van der Waals surface area contributed by atoms with Crippen LogP contribution in [-0.4, -0.2) is 39.4 Å². The molecule has 0 unspecified atom stereocenters. The van der Waals surface area contributed by atoms with Crippen LogP contribution in [0.25, 0.3) is 0 Å². The van der Waals surface area contributed by atoms with E-state index in [0.29, 0.717) is 48.1 Å². The second-order valence-electron chi connectivity index (χ2n) is 10.4. The number of amides is 2. The van der Waals surface area contributed by atoms with Gasteiger partial charge in [0.25, 0.3) is 17.6 Å². The van der Waals surface area contributed by atoms with Crippen LogP contribution >= 0.6 is 0 Å². The number of ketones is 1. The Kier molecular flexibility index (Phi) is 7.93. The highest BCUT2D eigenvalue weighted by Crippen LogP contribution is 2.38. The van der Waals surface area contributed by atoms with Crippen LogP contribution in [0.4, 0.5) is 10.1 Å². The van der Waals surface area contributed by atoms with Crippen molar-refractivity contribution in [3.8, 4) is 0 Å². The van der Waals surface area contributed by atoms with Gasteiger partial charge in [0.1, 0.15) is 5.82 Å². The van der Waals surface area contributed by atoms with Crippen molar-refractivity contribution in [1.82, 2.24) is 9.88 Å². The van der Waals surface area contributed by atoms with Gasteiger partial charge in [-0.2, -0.15) is 0 Å². The van der Waals surface area contributed by atoms with Gasteiger partial charge in [-0.3, -0.25) is 14.4 Å². The topological polar surface area (TPSA) is 100 Å². The Bertz CT molecular complexity index is 1160. The molecule has 2 aliphatic carbocycles. The van der Waals surface area contributed by atoms with Gasteiger partial charge in [-0.05, 0) is 81.7 Å². The lowest BCUT2D eigenvalue weighted by Crippen LogP contribution is -2.42. The molecule has 1 aromatic carbocycles. The summed E-state index contributed by atoms with van der Waals surface area (Å²) in [4.78, 5) is 39.9. The first-order valence-electron chi connectivity index (χ1n) is 13.0. The number of aliphatic hydroxyl groups is 1. The van der Waals surface area contributed by atoms with Crippen LogP contribution in [0.2, 0.25) is 0 Å². The Labute approximate surface area is 211 Å². The smallest absolute Gasteiger partial charge is 0.294 e. The average Bonchev–Trinajstić information content (AvgIpc) is 3.12. The third-order valence-corrected chi connectivity index (χ3v) is 7.77. The molecular weight excluding hydrogens is 461 g/mol. The molecule has 2 aromatic rings. The molecule has 2 aliphatic rings. The number of carbonyl (C=O) groups is 3. The monoisotopic (exact) mass is 497 g/mol. The molecule has 0 radical (unpaired) electrons. The Morgan fingerprint density at radius 2 is 1.67 bits per heavy atom. The first-order valence-corrected chi connectivity index (χ1v) is 13.0. The number of benzene rings is 1. The van der Waals surface area contributed by atoms with Crippen molar-refractivity contribution in [2.45, 2.75) is 89.7 Å². The lowest BCUT2D eigenvalue weighted by atomic mass is 9.85. The van der Waals surface area contributed by atoms with E-state index in [2.05, 4.69) is 10.6 Å². The number of nitrogens with zero attached hydrogens (tertiary/aromatic N) is 1. The summed E-state index contributed by atoms with van der Waals surface area (Å²) in [7, 11) is 1.76. The Morgan fingerprint density at radius 1 is 1.00 bits per heavy atom. The van der Waals surface area contributed by atoms with Crippen molar-refractivity contribution < 1.29 is 23.9 Å². The van der Waals surface area contributed by atoms with Crippen molar-refractivity contribution in [1.29, 1.82) is 0 Å². The number of hydrogen-bond acceptors (Lipinski definition) is 4. The summed E-state index contributed by atoms with van der Waals surface area (Å²) in [6.07, 6.45) is 7.16. The molecule has 0 bridgehead atoms. The van der Waals surface area contributed by atoms with Crippen LogP contribution in [0.15, 0.2) is 18.2 Å². The lowest BCUT2D eigenvalue weighted by Gasteiger charge is -2.26. The van der Waals surface area contributed by atoms with Crippen molar-refractivity contribution in [2.75, 3.05) is 5.32 Å². The third kappa shape index (κ3) is 5.38. The lowest BCUT2D eigenvalue weighted by molar-refractivity contribution is -0.118. The van der Waals surface area contributed by atoms with E-state index in [1.54, 1.807) is 31.5 Å². The molecule has 1 aromatic heterocycles. The normalized spacial score (nSPS) is 20.7. The highest BCUT2D eigenvalue weighted by molar-refractivity contribution is 6.43. The number of aryl methyl sites for hydroxylation is 1. The first kappa shape index (κ1) is 26.1. The average molecular weight is 498 g/mol. The van der Waals surface area contributed by atoms with Crippen molar-refractivity contribution >= 4 is 23.3 Å². The predicted molar refractivity (Wildman–Crippen MR) is 136 cm³/mol. The number of halogens is 1. The van der Waals surface area contributed by atoms with Gasteiger partial charge in [-0.25, -0.2) is 4.39 Å². The van der Waals surface area contributed by atoms with E-state index in [0.717, 1.165) is 37.8 Å². The van der Waals surface area contributed by atoms with E-state index in [4.69, 9.17) is 0 Å². The van der Waals surface area contributed by atoms with Gasteiger partial charge in [-0.15, -0.1) is 0 Å². The molecule has 8 heteroatoms. The van der Waals surface area contributed by atoms with Gasteiger partial charge in [0, 0.05) is 30.4 Å². The van der Waals surface area contributed by atoms with Crippen LogP contribution in [0.5, 0.6) is 0 Å². The number of aromatic nitrogens is 1. The number of nitrogens with one attached hydrogen (secondary N) is 2. The molecule has 4 rings (SSSR count). The van der Waals surface area contributed by atoms with Crippen LogP contribution in [0, 0.1) is 19.7 Å². The summed E-state index contributed by atoms with van der Waals surface area (Å²) >= 11 is 0. The maximum atomic E-state index is 13.7. The zero-order valence-corrected chi connectivity index (χ0v) is 21.3. The molecule has 1 heterocycles. The maximum Gasteiger partial charge on any atom is 0.294 e. The number of anilines is 1. The molecule has 7 nitrogen and oxygen atoms in total. The van der Waals surface area contributed by atoms with Crippen LogP contribution in [0.3, 0.4) is 0 Å². The van der Waals surface area contributed by atoms with E-state index in [1.165, 1.54) is 12.1 Å². The van der Waals surface area contributed by atoms with Gasteiger partial charge in [0.05, 0.1) is 17.4 Å². The van der Waals surface area contributed by atoms with E-state index in [1.807, 2.05) is 0 Å². The van der Waals surface area contributed by atoms with E-state index in [-0.39, 0.29) is 35.5 Å². The maximum absolute atomic E-state index is 13.7. The van der Waals surface area contributed by atoms with Gasteiger partial charge in [0.2, 0.25) is 0 Å². The summed E-state index contributed by atoms with van der Waals surface area (Å²) in [6, 6.07) is 4.26. The fourth-order valence-corrected chi connectivity index (χ4v) is 5.81. The summed E-state index contributed by atoms with van der Waals surface area (Å²) < 4.78 is 15.5. The third-order valence-electron chi connectivity index (χ3n) is 7.77. The summed E-state index contributed by atoms with van der Waals surface area (Å²) in [6.45, 7) is 3.35. The number of aliphatic hydroxyl groups excluding tert-OH is 1. The minimum atomic E-state index is -0.684.